The highest BCUT2D eigenvalue weighted by molar-refractivity contribution is 5.94. The number of hydrogen-bond acceptors (Lipinski definition) is 8. The van der Waals surface area contributed by atoms with Crippen LogP contribution in [-0.4, -0.2) is 81.5 Å². The number of carboxylic acids is 1. The van der Waals surface area contributed by atoms with Gasteiger partial charge in [0.2, 0.25) is 17.7 Å². The lowest BCUT2D eigenvalue weighted by Crippen LogP contribution is -2.58. The van der Waals surface area contributed by atoms with Gasteiger partial charge in [-0.05, 0) is 23.3 Å². The number of aliphatic hydroxyl groups is 2. The number of phenolic OH excluding ortho intramolecular Hbond substituents is 1. The monoisotopic (exact) mass is 502 g/mol. The van der Waals surface area contributed by atoms with Crippen LogP contribution in [0.15, 0.2) is 54.6 Å². The molecule has 3 amide bonds. The summed E-state index contributed by atoms with van der Waals surface area (Å²) in [6.07, 6.45) is -0.0454. The molecule has 12 nitrogen and oxygen atoms in total. The fourth-order valence-corrected chi connectivity index (χ4v) is 3.23. The minimum Gasteiger partial charge on any atom is -0.508 e. The van der Waals surface area contributed by atoms with Crippen molar-refractivity contribution in [3.05, 3.63) is 65.7 Å². The molecule has 2 aromatic carbocycles. The summed E-state index contributed by atoms with van der Waals surface area (Å²) in [7, 11) is 0. The summed E-state index contributed by atoms with van der Waals surface area (Å²) >= 11 is 0. The Balaban J connectivity index is 2.29. The van der Waals surface area contributed by atoms with E-state index in [1.54, 1.807) is 30.3 Å². The molecule has 0 aromatic heterocycles. The normalized spacial score (nSPS) is 14.1. The van der Waals surface area contributed by atoms with Crippen LogP contribution in [-0.2, 0) is 32.0 Å². The molecular formula is C24H30N4O8. The summed E-state index contributed by atoms with van der Waals surface area (Å²) in [6, 6.07) is 9.19. The number of carbonyl (C=O) groups excluding carboxylic acids is 3. The summed E-state index contributed by atoms with van der Waals surface area (Å²) in [5, 5.41) is 44.3. The third-order valence-electron chi connectivity index (χ3n) is 5.26. The molecule has 0 heterocycles. The van der Waals surface area contributed by atoms with Gasteiger partial charge in [0, 0.05) is 12.8 Å². The van der Waals surface area contributed by atoms with Crippen molar-refractivity contribution in [1.29, 1.82) is 0 Å². The Kier molecular flexibility index (Phi) is 10.8. The summed E-state index contributed by atoms with van der Waals surface area (Å²) in [5.74, 6) is -3.89. The van der Waals surface area contributed by atoms with Crippen molar-refractivity contribution >= 4 is 23.7 Å². The second-order valence-electron chi connectivity index (χ2n) is 8.05. The molecule has 0 bridgehead atoms. The van der Waals surface area contributed by atoms with Crippen molar-refractivity contribution in [3.63, 3.8) is 0 Å². The minimum atomic E-state index is -1.60. The van der Waals surface area contributed by atoms with E-state index >= 15 is 0 Å². The molecule has 4 atom stereocenters. The van der Waals surface area contributed by atoms with Crippen molar-refractivity contribution in [2.45, 2.75) is 37.0 Å². The van der Waals surface area contributed by atoms with E-state index in [1.165, 1.54) is 24.3 Å². The summed E-state index contributed by atoms with van der Waals surface area (Å²) in [6.45, 7) is -1.51. The Morgan fingerprint density at radius 1 is 0.694 bits per heavy atom. The number of amides is 3. The van der Waals surface area contributed by atoms with Crippen molar-refractivity contribution in [2.75, 3.05) is 13.2 Å². The molecule has 0 saturated heterocycles. The Morgan fingerprint density at radius 2 is 1.17 bits per heavy atom. The molecule has 0 aliphatic rings. The highest BCUT2D eigenvalue weighted by atomic mass is 16.4. The van der Waals surface area contributed by atoms with Gasteiger partial charge in [-0.25, -0.2) is 4.79 Å². The standard InChI is InChI=1S/C24H30N4O8/c25-17(12-29)21(32)26-18(10-14-4-2-1-3-5-14)22(33)27-19(11-15-6-8-16(31)9-7-15)23(34)28-20(13-30)24(35)36/h1-9,17-20,29-31H,10-13,25H2,(H,26,32)(H,27,33)(H,28,34)(H,35,36). The molecule has 0 radical (unpaired) electrons. The van der Waals surface area contributed by atoms with Gasteiger partial charge in [-0.3, -0.25) is 14.4 Å². The molecule has 2 rings (SSSR count). The van der Waals surface area contributed by atoms with Crippen LogP contribution >= 0.6 is 0 Å². The van der Waals surface area contributed by atoms with Gasteiger partial charge in [0.15, 0.2) is 0 Å². The van der Waals surface area contributed by atoms with Crippen LogP contribution in [0.1, 0.15) is 11.1 Å². The number of aliphatic carboxylic acids is 1. The number of hydrogen-bond donors (Lipinski definition) is 8. The lowest BCUT2D eigenvalue weighted by Gasteiger charge is -2.25. The largest absolute Gasteiger partial charge is 0.508 e. The third kappa shape index (κ3) is 8.65. The second-order valence-corrected chi connectivity index (χ2v) is 8.05. The van der Waals surface area contributed by atoms with Gasteiger partial charge < -0.3 is 42.1 Å². The van der Waals surface area contributed by atoms with Gasteiger partial charge in [-0.15, -0.1) is 0 Å². The van der Waals surface area contributed by atoms with E-state index in [9.17, 15) is 34.5 Å². The number of aromatic hydroxyl groups is 1. The smallest absolute Gasteiger partial charge is 0.328 e. The number of nitrogens with one attached hydrogen (secondary N) is 3. The summed E-state index contributed by atoms with van der Waals surface area (Å²) < 4.78 is 0. The van der Waals surface area contributed by atoms with E-state index in [1.807, 2.05) is 0 Å². The number of carbonyl (C=O) groups is 4. The maximum absolute atomic E-state index is 13.2. The van der Waals surface area contributed by atoms with Crippen molar-refractivity contribution in [3.8, 4) is 5.75 Å². The fraction of sp³-hybridized carbons (Fsp3) is 0.333. The predicted molar refractivity (Wildman–Crippen MR) is 128 cm³/mol. The van der Waals surface area contributed by atoms with E-state index < -0.39 is 61.1 Å². The van der Waals surface area contributed by atoms with Crippen LogP contribution in [0.5, 0.6) is 5.75 Å². The number of phenols is 1. The van der Waals surface area contributed by atoms with E-state index in [2.05, 4.69) is 16.0 Å². The molecule has 9 N–H and O–H groups in total. The van der Waals surface area contributed by atoms with E-state index in [0.717, 1.165) is 0 Å². The fourth-order valence-electron chi connectivity index (χ4n) is 3.23. The van der Waals surface area contributed by atoms with E-state index in [4.69, 9.17) is 10.8 Å². The molecule has 194 valence electrons. The lowest BCUT2D eigenvalue weighted by molar-refractivity contribution is -0.143. The number of benzene rings is 2. The molecule has 2 aromatic rings. The molecule has 4 unspecified atom stereocenters. The van der Waals surface area contributed by atoms with Crippen LogP contribution in [0.3, 0.4) is 0 Å². The van der Waals surface area contributed by atoms with Gasteiger partial charge in [0.1, 0.15) is 29.9 Å². The topological polar surface area (TPSA) is 211 Å². The predicted octanol–water partition coefficient (Wildman–Crippen LogP) is -1.97. The number of rotatable bonds is 13. The van der Waals surface area contributed by atoms with Gasteiger partial charge >= 0.3 is 5.97 Å². The highest BCUT2D eigenvalue weighted by Gasteiger charge is 2.30. The van der Waals surface area contributed by atoms with Crippen LogP contribution in [0.2, 0.25) is 0 Å². The number of carboxylic acid groups (broad SMARTS) is 1. The van der Waals surface area contributed by atoms with Gasteiger partial charge in [0.05, 0.1) is 13.2 Å². The molecule has 0 aliphatic carbocycles. The zero-order chi connectivity index (χ0) is 26.7. The van der Waals surface area contributed by atoms with Gasteiger partial charge in [-0.1, -0.05) is 42.5 Å². The minimum absolute atomic E-state index is 0.0131. The van der Waals surface area contributed by atoms with Crippen LogP contribution < -0.4 is 21.7 Å². The van der Waals surface area contributed by atoms with Crippen LogP contribution in [0.4, 0.5) is 0 Å². The molecule has 12 heteroatoms. The SMILES string of the molecule is NC(CO)C(=O)NC(Cc1ccccc1)C(=O)NC(Cc1ccc(O)cc1)C(=O)NC(CO)C(=O)O. The highest BCUT2D eigenvalue weighted by Crippen LogP contribution is 2.12. The van der Waals surface area contributed by atoms with Crippen molar-refractivity contribution in [1.82, 2.24) is 16.0 Å². The van der Waals surface area contributed by atoms with E-state index in [-0.39, 0.29) is 18.6 Å². The zero-order valence-corrected chi connectivity index (χ0v) is 19.3. The number of nitrogens with two attached hydrogens (primary N) is 1. The van der Waals surface area contributed by atoms with Crippen LogP contribution in [0.25, 0.3) is 0 Å². The molecule has 36 heavy (non-hydrogen) atoms. The molecule has 0 saturated carbocycles. The zero-order valence-electron chi connectivity index (χ0n) is 19.3. The average Bonchev–Trinajstić information content (AvgIpc) is 2.87. The molecule has 0 spiro atoms. The molecular weight excluding hydrogens is 472 g/mol. The molecule has 0 aliphatic heterocycles. The summed E-state index contributed by atoms with van der Waals surface area (Å²) in [5.41, 5.74) is 6.80. The Hall–Kier alpha value is -4.00. The van der Waals surface area contributed by atoms with Crippen LogP contribution in [0, 0.1) is 0 Å². The quantitative estimate of drug-likeness (QED) is 0.152. The average molecular weight is 503 g/mol. The molecule has 0 fully saturated rings. The first-order valence-corrected chi connectivity index (χ1v) is 11.1. The lowest BCUT2D eigenvalue weighted by atomic mass is 10.0. The third-order valence-corrected chi connectivity index (χ3v) is 5.26. The maximum atomic E-state index is 13.2. The first-order chi connectivity index (χ1) is 17.1. The van der Waals surface area contributed by atoms with Gasteiger partial charge in [0.25, 0.3) is 0 Å². The van der Waals surface area contributed by atoms with Crippen molar-refractivity contribution in [2.24, 2.45) is 5.73 Å². The first-order valence-electron chi connectivity index (χ1n) is 11.1. The van der Waals surface area contributed by atoms with E-state index in [0.29, 0.717) is 11.1 Å². The Labute approximate surface area is 207 Å². The first kappa shape index (κ1) is 28.2. The van der Waals surface area contributed by atoms with Gasteiger partial charge in [-0.2, -0.15) is 0 Å². The maximum Gasteiger partial charge on any atom is 0.328 e. The summed E-state index contributed by atoms with van der Waals surface area (Å²) in [4.78, 5) is 49.7. The Bertz CT molecular complexity index is 1030. The second kappa shape index (κ2) is 13.8. The Morgan fingerprint density at radius 3 is 1.64 bits per heavy atom. The van der Waals surface area contributed by atoms with Crippen molar-refractivity contribution < 1.29 is 39.6 Å². The number of aliphatic hydroxyl groups excluding tert-OH is 2.